The van der Waals surface area contributed by atoms with E-state index in [0.717, 1.165) is 0 Å². The van der Waals surface area contributed by atoms with E-state index in [4.69, 9.17) is 24.3 Å². The number of aromatic nitrogens is 3. The van der Waals surface area contributed by atoms with Gasteiger partial charge in [-0.15, -0.1) is 0 Å². The lowest BCUT2D eigenvalue weighted by molar-refractivity contribution is -0.161. The van der Waals surface area contributed by atoms with Crippen molar-refractivity contribution in [3.05, 3.63) is 47.1 Å². The number of rotatable bonds is 10. The molecule has 38 heavy (non-hydrogen) atoms. The molecule has 2 heterocycles. The Kier molecular flexibility index (Phi) is 7.96. The predicted octanol–water partition coefficient (Wildman–Crippen LogP) is 2.69. The minimum atomic E-state index is -4.20. The van der Waals surface area contributed by atoms with Gasteiger partial charge in [0.25, 0.3) is 0 Å². The lowest BCUT2D eigenvalue weighted by Gasteiger charge is -2.36. The maximum atomic E-state index is 14.3. The third-order valence-corrected chi connectivity index (χ3v) is 8.93. The highest BCUT2D eigenvalue weighted by Crippen LogP contribution is 2.56. The van der Waals surface area contributed by atoms with Gasteiger partial charge in [0.05, 0.1) is 18.8 Å². The molecule has 1 aliphatic carbocycles. The molecule has 2 fully saturated rings. The van der Waals surface area contributed by atoms with Crippen LogP contribution >= 0.6 is 7.75 Å². The van der Waals surface area contributed by atoms with E-state index >= 15 is 0 Å². The molecule has 208 valence electrons. The summed E-state index contributed by atoms with van der Waals surface area (Å²) in [6.45, 7) is 8.28. The monoisotopic (exact) mass is 551 g/mol. The number of para-hydroxylation sites is 1. The molecule has 2 aliphatic rings. The van der Waals surface area contributed by atoms with Gasteiger partial charge in [-0.1, -0.05) is 18.2 Å². The summed E-state index contributed by atoms with van der Waals surface area (Å²) in [6, 6.07) is 6.29. The number of carboxylic acids is 1. The number of hydrogen-bond acceptors (Lipinski definition) is 10. The first-order valence-electron chi connectivity index (χ1n) is 12.4. The molecule has 1 saturated heterocycles. The summed E-state index contributed by atoms with van der Waals surface area (Å²) in [4.78, 5) is 32.2. The SMILES string of the molecule is CC(C)N(C(C)C(=O)O)P(=O)(OC[C@H]1C[C@@H](n2cnc(N)nc2=O)[C@@H]2OC(C)(C)O[C@H]12)Oc1ccccc1. The van der Waals surface area contributed by atoms with E-state index in [1.165, 1.54) is 22.5 Å². The van der Waals surface area contributed by atoms with Crippen LogP contribution in [0.25, 0.3) is 0 Å². The first-order chi connectivity index (χ1) is 17.8. The molecule has 3 N–H and O–H groups in total. The number of anilines is 1. The molecule has 2 unspecified atom stereocenters. The van der Waals surface area contributed by atoms with Gasteiger partial charge in [-0.2, -0.15) is 9.65 Å². The van der Waals surface area contributed by atoms with Gasteiger partial charge in [-0.25, -0.2) is 14.3 Å². The number of hydrogen-bond donors (Lipinski definition) is 2. The summed E-state index contributed by atoms with van der Waals surface area (Å²) in [5, 5.41) is 9.73. The highest BCUT2D eigenvalue weighted by Gasteiger charge is 2.56. The van der Waals surface area contributed by atoms with E-state index in [-0.39, 0.29) is 24.2 Å². The van der Waals surface area contributed by atoms with Crippen molar-refractivity contribution in [1.29, 1.82) is 0 Å². The Morgan fingerprint density at radius 1 is 1.26 bits per heavy atom. The summed E-state index contributed by atoms with van der Waals surface area (Å²) in [7, 11) is -4.20. The van der Waals surface area contributed by atoms with Crippen LogP contribution in [0.1, 0.15) is 47.1 Å². The first kappa shape index (κ1) is 28.2. The lowest BCUT2D eigenvalue weighted by atomic mass is 10.1. The maximum absolute atomic E-state index is 14.3. The summed E-state index contributed by atoms with van der Waals surface area (Å²) < 4.78 is 41.1. The van der Waals surface area contributed by atoms with E-state index in [1.807, 2.05) is 0 Å². The van der Waals surface area contributed by atoms with Gasteiger partial charge >= 0.3 is 19.4 Å². The van der Waals surface area contributed by atoms with E-state index < -0.39 is 55.5 Å². The van der Waals surface area contributed by atoms with Crippen molar-refractivity contribution in [2.75, 3.05) is 12.3 Å². The van der Waals surface area contributed by atoms with Crippen LogP contribution in [-0.4, -0.2) is 67.0 Å². The van der Waals surface area contributed by atoms with E-state index in [2.05, 4.69) is 9.97 Å². The van der Waals surface area contributed by atoms with Gasteiger partial charge in [0, 0.05) is 12.0 Å². The van der Waals surface area contributed by atoms with Crippen LogP contribution in [0.4, 0.5) is 5.95 Å². The Balaban J connectivity index is 1.64. The number of nitrogens with zero attached hydrogens (tertiary/aromatic N) is 4. The highest BCUT2D eigenvalue weighted by atomic mass is 31.2. The molecule has 0 radical (unpaired) electrons. The Labute approximate surface area is 220 Å². The number of ether oxygens (including phenoxy) is 2. The van der Waals surface area contributed by atoms with Crippen LogP contribution in [-0.2, 0) is 23.4 Å². The van der Waals surface area contributed by atoms with Crippen LogP contribution in [0.2, 0.25) is 0 Å². The fourth-order valence-electron chi connectivity index (χ4n) is 5.08. The molecule has 2 aromatic rings. The van der Waals surface area contributed by atoms with Gasteiger partial charge in [0.2, 0.25) is 5.95 Å². The van der Waals surface area contributed by atoms with Crippen molar-refractivity contribution in [1.82, 2.24) is 19.2 Å². The Hall–Kier alpha value is -2.83. The molecular formula is C24H34N5O8P. The summed E-state index contributed by atoms with van der Waals surface area (Å²) >= 11 is 0. The molecule has 4 rings (SSSR count). The van der Waals surface area contributed by atoms with Gasteiger partial charge < -0.3 is 24.8 Å². The van der Waals surface area contributed by atoms with Crippen molar-refractivity contribution in [2.45, 2.75) is 77.2 Å². The van der Waals surface area contributed by atoms with Crippen LogP contribution in [0.3, 0.4) is 0 Å². The zero-order valence-corrected chi connectivity index (χ0v) is 22.9. The van der Waals surface area contributed by atoms with Crippen molar-refractivity contribution >= 4 is 19.7 Å². The number of fused-ring (bicyclic) bond motifs is 1. The van der Waals surface area contributed by atoms with Gasteiger partial charge in [0.15, 0.2) is 5.79 Å². The molecule has 1 saturated carbocycles. The largest absolute Gasteiger partial charge is 0.480 e. The normalized spacial score (nSPS) is 26.7. The van der Waals surface area contributed by atoms with E-state index in [0.29, 0.717) is 6.42 Å². The fraction of sp³-hybridized carbons (Fsp3) is 0.583. The zero-order valence-electron chi connectivity index (χ0n) is 22.0. The fourth-order valence-corrected chi connectivity index (χ4v) is 7.21. The van der Waals surface area contributed by atoms with Crippen molar-refractivity contribution in [3.8, 4) is 5.75 Å². The molecule has 13 nitrogen and oxygen atoms in total. The second-order valence-corrected chi connectivity index (χ2v) is 12.0. The molecule has 0 amide bonds. The predicted molar refractivity (Wildman–Crippen MR) is 136 cm³/mol. The molecule has 0 spiro atoms. The quantitative estimate of drug-likeness (QED) is 0.415. The van der Waals surface area contributed by atoms with Crippen LogP contribution in [0, 0.1) is 5.92 Å². The lowest BCUT2D eigenvalue weighted by Crippen LogP contribution is -2.43. The number of nitrogens with two attached hydrogens (primary N) is 1. The van der Waals surface area contributed by atoms with Crippen molar-refractivity contribution in [3.63, 3.8) is 0 Å². The molecular weight excluding hydrogens is 517 g/mol. The minimum Gasteiger partial charge on any atom is -0.480 e. The van der Waals surface area contributed by atoms with Crippen LogP contribution < -0.4 is 15.9 Å². The smallest absolute Gasteiger partial charge is 0.462 e. The standard InChI is InChI=1S/C24H34N5O8P/c1-14(2)29(15(3)21(30)31)38(33,37-17-9-7-6-8-10-17)34-12-16-11-18(20-19(16)35-24(4,5)36-20)28-13-26-22(25)27-23(28)32/h6-10,13-16,18-20H,11-12H2,1-5H3,(H,30,31)(H2,25,27,32)/t15?,16-,18-,19-,20+,38?/m1/s1. The highest BCUT2D eigenvalue weighted by molar-refractivity contribution is 7.51. The average Bonchev–Trinajstić information content (AvgIpc) is 3.31. The second-order valence-electron chi connectivity index (χ2n) is 10.2. The Morgan fingerprint density at radius 3 is 2.53 bits per heavy atom. The number of carbonyl (C=O) groups is 1. The summed E-state index contributed by atoms with van der Waals surface area (Å²) in [5.74, 6) is -2.34. The number of aliphatic carboxylic acids is 1. The van der Waals surface area contributed by atoms with E-state index in [9.17, 15) is 19.3 Å². The number of benzene rings is 1. The average molecular weight is 552 g/mol. The van der Waals surface area contributed by atoms with Gasteiger partial charge in [0.1, 0.15) is 24.2 Å². The van der Waals surface area contributed by atoms with Crippen molar-refractivity contribution < 1.29 is 33.0 Å². The third-order valence-electron chi connectivity index (χ3n) is 6.64. The van der Waals surface area contributed by atoms with Crippen LogP contribution in [0.5, 0.6) is 5.75 Å². The van der Waals surface area contributed by atoms with Crippen LogP contribution in [0.15, 0.2) is 41.5 Å². The molecule has 0 bridgehead atoms. The summed E-state index contributed by atoms with van der Waals surface area (Å²) in [5.41, 5.74) is 4.98. The minimum absolute atomic E-state index is 0.110. The molecule has 6 atom stereocenters. The van der Waals surface area contributed by atoms with Gasteiger partial charge in [-0.3, -0.25) is 13.9 Å². The van der Waals surface area contributed by atoms with Crippen molar-refractivity contribution in [2.24, 2.45) is 5.92 Å². The molecule has 1 aromatic heterocycles. The first-order valence-corrected chi connectivity index (χ1v) is 13.9. The second kappa shape index (κ2) is 10.7. The molecule has 1 aliphatic heterocycles. The topological polar surface area (TPSA) is 168 Å². The Morgan fingerprint density at radius 2 is 1.92 bits per heavy atom. The van der Waals surface area contributed by atoms with Gasteiger partial charge in [-0.05, 0) is 53.2 Å². The maximum Gasteiger partial charge on any atom is 0.462 e. The molecule has 14 heteroatoms. The molecule has 1 aromatic carbocycles. The van der Waals surface area contributed by atoms with E-state index in [1.54, 1.807) is 58.0 Å². The summed E-state index contributed by atoms with van der Waals surface area (Å²) in [6.07, 6.45) is 0.647. The number of carboxylic acid groups (broad SMARTS) is 1. The number of nitrogen functional groups attached to an aromatic ring is 1. The third kappa shape index (κ3) is 5.76. The Bertz CT molecular complexity index is 1260. The zero-order chi connectivity index (χ0) is 27.8.